The second-order valence-corrected chi connectivity index (χ2v) is 18.2. The van der Waals surface area contributed by atoms with Crippen LogP contribution in [0.2, 0.25) is 5.02 Å². The van der Waals surface area contributed by atoms with Crippen LogP contribution in [0.1, 0.15) is 79.1 Å². The molecule has 3 saturated heterocycles. The largest absolute Gasteiger partial charge is 0.465 e. The Morgan fingerprint density at radius 2 is 1.89 bits per heavy atom. The van der Waals surface area contributed by atoms with Gasteiger partial charge in [-0.3, -0.25) is 28.8 Å². The fourth-order valence-corrected chi connectivity index (χ4v) is 11.1. The van der Waals surface area contributed by atoms with Gasteiger partial charge in [-0.2, -0.15) is 0 Å². The van der Waals surface area contributed by atoms with Crippen LogP contribution in [0.4, 0.5) is 0 Å². The lowest BCUT2D eigenvalue weighted by Crippen LogP contribution is -2.55. The maximum Gasteiger partial charge on any atom is 0.323 e. The first kappa shape index (κ1) is 38.5. The highest BCUT2D eigenvalue weighted by atomic mass is 35.5. The molecule has 3 aliphatic rings. The van der Waals surface area contributed by atoms with E-state index in [4.69, 9.17) is 20.9 Å². The summed E-state index contributed by atoms with van der Waals surface area (Å²) in [6.07, 6.45) is 8.63. The summed E-state index contributed by atoms with van der Waals surface area (Å²) in [5.74, 6) is -0.00119. The van der Waals surface area contributed by atoms with Crippen molar-refractivity contribution < 1.29 is 28.2 Å². The van der Waals surface area contributed by atoms with Gasteiger partial charge < -0.3 is 19.5 Å². The fourth-order valence-electron chi connectivity index (χ4n) is 7.89. The third-order valence-electron chi connectivity index (χ3n) is 10.6. The van der Waals surface area contributed by atoms with Crippen molar-refractivity contribution in [3.63, 3.8) is 0 Å². The second kappa shape index (κ2) is 16.9. The Morgan fingerprint density at radius 3 is 2.67 bits per heavy atom. The summed E-state index contributed by atoms with van der Waals surface area (Å²) < 4.78 is 26.5. The minimum atomic E-state index is -3.65. The number of hydrogen-bond acceptors (Lipinski definition) is 9. The van der Waals surface area contributed by atoms with E-state index in [2.05, 4.69) is 25.2 Å². The molecule has 4 aromatic rings. The molecular weight excluding hydrogens is 745 g/mol. The molecule has 2 amide bonds. The molecule has 54 heavy (non-hydrogen) atoms. The number of likely N-dealkylation sites (tertiary alicyclic amines) is 1. The van der Waals surface area contributed by atoms with Crippen molar-refractivity contribution in [1.82, 2.24) is 25.2 Å². The number of para-hydroxylation sites is 1. The van der Waals surface area contributed by atoms with Gasteiger partial charge in [0.2, 0.25) is 5.91 Å². The molecule has 0 radical (unpaired) electrons. The number of carbonyl (C=O) groups excluding carboxylic acids is 3. The molecule has 0 spiro atoms. The molecule has 14 heteroatoms. The first-order valence-corrected chi connectivity index (χ1v) is 21.8. The third kappa shape index (κ3) is 8.84. The van der Waals surface area contributed by atoms with Gasteiger partial charge in [-0.15, -0.1) is 11.3 Å². The van der Waals surface area contributed by atoms with Crippen LogP contribution in [0.15, 0.2) is 73.1 Å². The summed E-state index contributed by atoms with van der Waals surface area (Å²) in [5, 5.41) is 7.58. The predicted molar refractivity (Wildman–Crippen MR) is 211 cm³/mol. The topological polar surface area (TPSA) is 130 Å². The number of carbonyl (C=O) groups is 3. The van der Waals surface area contributed by atoms with Crippen LogP contribution in [0, 0.1) is 0 Å². The maximum absolute atomic E-state index is 14.3. The summed E-state index contributed by atoms with van der Waals surface area (Å²) in [6, 6.07) is 17.0. The Balaban J connectivity index is 1.00. The van der Waals surface area contributed by atoms with Gasteiger partial charge in [-0.05, 0) is 98.4 Å². The van der Waals surface area contributed by atoms with Gasteiger partial charge in [0, 0.05) is 59.8 Å². The normalized spacial score (nSPS) is 22.2. The molecule has 5 atom stereocenters. The number of aromatic nitrogens is 1. The van der Waals surface area contributed by atoms with Gasteiger partial charge in [0.15, 0.2) is 0 Å². The van der Waals surface area contributed by atoms with E-state index in [9.17, 15) is 18.9 Å². The molecule has 0 bridgehead atoms. The van der Waals surface area contributed by atoms with E-state index in [-0.39, 0.29) is 36.7 Å². The highest BCUT2D eigenvalue weighted by molar-refractivity contribution is 7.56. The number of halogens is 1. The van der Waals surface area contributed by atoms with Gasteiger partial charge in [-0.25, -0.2) is 5.09 Å². The molecule has 3 fully saturated rings. The summed E-state index contributed by atoms with van der Waals surface area (Å²) in [7, 11) is -3.65. The minimum absolute atomic E-state index is 0.00461. The van der Waals surface area contributed by atoms with Gasteiger partial charge >= 0.3 is 13.5 Å². The van der Waals surface area contributed by atoms with Crippen LogP contribution in [-0.4, -0.2) is 83.0 Å². The lowest BCUT2D eigenvalue weighted by molar-refractivity contribution is -0.145. The Morgan fingerprint density at radius 1 is 1.07 bits per heavy atom. The van der Waals surface area contributed by atoms with Crippen molar-refractivity contribution in [3.05, 3.63) is 94.1 Å². The van der Waals surface area contributed by atoms with E-state index < -0.39 is 25.6 Å². The first-order chi connectivity index (χ1) is 26.1. The number of ether oxygens (including phenoxy) is 1. The Labute approximate surface area is 325 Å². The van der Waals surface area contributed by atoms with E-state index in [1.807, 2.05) is 49.5 Å². The van der Waals surface area contributed by atoms with Crippen LogP contribution < -0.4 is 14.9 Å². The fraction of sp³-hybridized carbons (Fsp3) is 0.450. The van der Waals surface area contributed by atoms with Gasteiger partial charge in [0.05, 0.1) is 17.6 Å². The number of pyridine rings is 1. The highest BCUT2D eigenvalue weighted by Crippen LogP contribution is 2.47. The monoisotopic (exact) mass is 791 g/mol. The van der Waals surface area contributed by atoms with E-state index in [1.54, 1.807) is 37.4 Å². The first-order valence-electron chi connectivity index (χ1n) is 18.8. The molecule has 7 rings (SSSR count). The van der Waals surface area contributed by atoms with Gasteiger partial charge in [0.1, 0.15) is 17.8 Å². The SMILES string of the molecule is CCCOC(=O)[C@H](C)NP(=O)(Cc1ccc2sc(C(=O)N[C@H]3CCC[C@H]4CCC(CN5CC(c6cnccc6Cl)C5)N4C3=O)cc2c1)Oc1ccccc1. The molecule has 0 saturated carbocycles. The van der Waals surface area contributed by atoms with Crippen molar-refractivity contribution in [2.75, 3.05) is 26.2 Å². The molecule has 2 aromatic heterocycles. The van der Waals surface area contributed by atoms with Crippen LogP contribution >= 0.6 is 30.5 Å². The van der Waals surface area contributed by atoms with Crippen molar-refractivity contribution in [3.8, 4) is 5.75 Å². The summed E-state index contributed by atoms with van der Waals surface area (Å²) >= 11 is 7.77. The van der Waals surface area contributed by atoms with Crippen molar-refractivity contribution in [1.29, 1.82) is 0 Å². The summed E-state index contributed by atoms with van der Waals surface area (Å²) in [4.78, 5) is 49.6. The van der Waals surface area contributed by atoms with Crippen LogP contribution in [0.3, 0.4) is 0 Å². The van der Waals surface area contributed by atoms with E-state index in [0.29, 0.717) is 29.4 Å². The molecule has 11 nitrogen and oxygen atoms in total. The lowest BCUT2D eigenvalue weighted by Gasteiger charge is -2.43. The third-order valence-corrected chi connectivity index (χ3v) is 14.1. The standard InChI is InChI=1S/C40H47ClN5O6PS/c1-3-18-51-40(49)26(2)44-53(50,52-32-9-5-4-6-10-32)25-27-12-15-36-28(19-27)20-37(54-36)38(47)43-35-11-7-8-30-13-14-31(46(30)39(35)48)24-45-22-29(23-45)33-21-42-17-16-34(33)41/h4-6,9-10,12,15-17,19-21,26,29-31,35H,3,7-8,11,13-14,18,22-25H2,1-2H3,(H,43,47)(H,44,50)/t26-,30-,31?,35-,53?/m0/s1. The lowest BCUT2D eigenvalue weighted by atomic mass is 9.92. The van der Waals surface area contributed by atoms with E-state index in [1.165, 1.54) is 11.3 Å². The second-order valence-electron chi connectivity index (χ2n) is 14.6. The minimum Gasteiger partial charge on any atom is -0.465 e. The van der Waals surface area contributed by atoms with E-state index in [0.717, 1.165) is 71.6 Å². The number of thiophene rings is 1. The molecule has 3 aliphatic heterocycles. The van der Waals surface area contributed by atoms with Crippen LogP contribution in [0.5, 0.6) is 5.75 Å². The number of nitrogens with zero attached hydrogens (tertiary/aromatic N) is 3. The average Bonchev–Trinajstić information content (AvgIpc) is 3.71. The highest BCUT2D eigenvalue weighted by Gasteiger charge is 2.44. The zero-order chi connectivity index (χ0) is 37.8. The molecule has 286 valence electrons. The Bertz CT molecular complexity index is 2030. The number of hydrogen-bond donors (Lipinski definition) is 2. The van der Waals surface area contributed by atoms with Crippen LogP contribution in [-0.2, 0) is 25.1 Å². The average molecular weight is 792 g/mol. The van der Waals surface area contributed by atoms with Gasteiger partial charge in [0.25, 0.3) is 5.91 Å². The smallest absolute Gasteiger partial charge is 0.323 e. The predicted octanol–water partition coefficient (Wildman–Crippen LogP) is 7.39. The number of fused-ring (bicyclic) bond motifs is 2. The number of amides is 2. The zero-order valence-electron chi connectivity index (χ0n) is 30.6. The zero-order valence-corrected chi connectivity index (χ0v) is 33.1. The maximum atomic E-state index is 14.3. The molecule has 2 unspecified atom stereocenters. The van der Waals surface area contributed by atoms with Crippen molar-refractivity contribution >= 4 is 58.3 Å². The van der Waals surface area contributed by atoms with Crippen molar-refractivity contribution in [2.45, 2.75) is 88.6 Å². The number of esters is 1. The number of nitrogens with one attached hydrogen (secondary N) is 2. The Kier molecular flexibility index (Phi) is 12.1. The molecular formula is C40H47ClN5O6PS. The quantitative estimate of drug-likeness (QED) is 0.0992. The molecule has 0 aliphatic carbocycles. The summed E-state index contributed by atoms with van der Waals surface area (Å²) in [5.41, 5.74) is 1.80. The van der Waals surface area contributed by atoms with Crippen molar-refractivity contribution in [2.24, 2.45) is 0 Å². The summed E-state index contributed by atoms with van der Waals surface area (Å²) in [6.45, 7) is 6.39. The van der Waals surface area contributed by atoms with E-state index >= 15 is 0 Å². The van der Waals surface area contributed by atoms with Gasteiger partial charge in [-0.1, -0.05) is 42.8 Å². The molecule has 2 aromatic carbocycles. The number of rotatable bonds is 14. The van der Waals surface area contributed by atoms with Crippen LogP contribution in [0.25, 0.3) is 10.1 Å². The molecule has 2 N–H and O–H groups in total. The Hall–Kier alpha value is -3.80. The number of benzene rings is 2. The molecule has 5 heterocycles.